The molecular formula is C15H21ClNO2+. The first-order valence-corrected chi connectivity index (χ1v) is 7.31. The van der Waals surface area contributed by atoms with Gasteiger partial charge in [-0.3, -0.25) is 4.79 Å². The van der Waals surface area contributed by atoms with Crippen LogP contribution in [-0.4, -0.2) is 25.7 Å². The molecule has 1 N–H and O–H groups in total. The van der Waals surface area contributed by atoms with Gasteiger partial charge >= 0.3 is 5.97 Å². The van der Waals surface area contributed by atoms with Crippen molar-refractivity contribution in [3.8, 4) is 0 Å². The van der Waals surface area contributed by atoms with E-state index in [2.05, 4.69) is 12.1 Å². The van der Waals surface area contributed by atoms with E-state index in [1.54, 1.807) is 0 Å². The summed E-state index contributed by atoms with van der Waals surface area (Å²) in [5.41, 5.74) is 1.27. The average Bonchev–Trinajstić information content (AvgIpc) is 2.42. The van der Waals surface area contributed by atoms with Crippen LogP contribution in [0.15, 0.2) is 24.3 Å². The van der Waals surface area contributed by atoms with Gasteiger partial charge < -0.3 is 9.64 Å². The van der Waals surface area contributed by atoms with E-state index in [0.717, 1.165) is 37.5 Å². The molecule has 104 valence electrons. The van der Waals surface area contributed by atoms with Crippen molar-refractivity contribution >= 4 is 17.6 Å². The molecule has 1 heterocycles. The second kappa shape index (κ2) is 6.92. The molecule has 1 aliphatic heterocycles. The normalized spacial score (nSPS) is 23.1. The first kappa shape index (κ1) is 14.4. The number of likely N-dealkylation sites (tertiary alicyclic amines) is 1. The van der Waals surface area contributed by atoms with Crippen LogP contribution >= 0.6 is 11.6 Å². The number of esters is 1. The molecule has 19 heavy (non-hydrogen) atoms. The maximum Gasteiger partial charge on any atom is 0.314 e. The fourth-order valence-corrected chi connectivity index (χ4v) is 2.79. The Labute approximate surface area is 119 Å². The van der Waals surface area contributed by atoms with Crippen LogP contribution in [0, 0.1) is 5.92 Å². The number of benzene rings is 1. The highest BCUT2D eigenvalue weighted by Crippen LogP contribution is 2.11. The zero-order valence-corrected chi connectivity index (χ0v) is 12.1. The van der Waals surface area contributed by atoms with Crippen molar-refractivity contribution in [2.24, 2.45) is 5.92 Å². The lowest BCUT2D eigenvalue weighted by Gasteiger charge is -2.28. The van der Waals surface area contributed by atoms with Crippen LogP contribution in [0.1, 0.15) is 25.3 Å². The number of carbonyl (C=O) groups is 1. The Balaban J connectivity index is 1.90. The predicted octanol–water partition coefficient (Wildman–Crippen LogP) is 1.70. The maximum absolute atomic E-state index is 11.8. The van der Waals surface area contributed by atoms with Gasteiger partial charge in [-0.15, -0.1) is 0 Å². The minimum Gasteiger partial charge on any atom is -0.466 e. The fourth-order valence-electron chi connectivity index (χ4n) is 2.66. The summed E-state index contributed by atoms with van der Waals surface area (Å²) in [6, 6.07) is 7.96. The minimum atomic E-state index is -0.0317. The number of nitrogens with one attached hydrogen (secondary N) is 1. The second-order valence-electron chi connectivity index (χ2n) is 5.10. The summed E-state index contributed by atoms with van der Waals surface area (Å²) in [4.78, 5) is 13.2. The molecule has 2 atom stereocenters. The van der Waals surface area contributed by atoms with Crippen LogP contribution in [0.3, 0.4) is 0 Å². The number of quaternary nitrogens is 1. The SMILES string of the molecule is CCOC(=O)[C@H]1CCC[NH+](Cc2ccc(Cl)cc2)C1. The Kier molecular flexibility index (Phi) is 5.23. The van der Waals surface area contributed by atoms with Crippen LogP contribution < -0.4 is 4.90 Å². The van der Waals surface area contributed by atoms with Gasteiger partial charge in [0.15, 0.2) is 0 Å². The van der Waals surface area contributed by atoms with Gasteiger partial charge in [0.1, 0.15) is 12.5 Å². The number of piperidine rings is 1. The van der Waals surface area contributed by atoms with Gasteiger partial charge in [-0.05, 0) is 31.9 Å². The van der Waals surface area contributed by atoms with Crippen LogP contribution in [0.4, 0.5) is 0 Å². The number of halogens is 1. The van der Waals surface area contributed by atoms with E-state index in [1.807, 2.05) is 19.1 Å². The summed E-state index contributed by atoms with van der Waals surface area (Å²) >= 11 is 5.89. The van der Waals surface area contributed by atoms with Crippen molar-refractivity contribution < 1.29 is 14.4 Å². The van der Waals surface area contributed by atoms with Crippen LogP contribution in [0.25, 0.3) is 0 Å². The summed E-state index contributed by atoms with van der Waals surface area (Å²) in [5.74, 6) is 0.0341. The first-order chi connectivity index (χ1) is 9.19. The standard InChI is InChI=1S/C15H20ClNO2/c1-2-19-15(18)13-4-3-9-17(11-13)10-12-5-7-14(16)8-6-12/h5-8,13H,2-4,9-11H2,1H3/p+1/t13-/m0/s1. The number of hydrogen-bond acceptors (Lipinski definition) is 2. The van der Waals surface area contributed by atoms with Crippen molar-refractivity contribution in [1.29, 1.82) is 0 Å². The molecule has 0 radical (unpaired) electrons. The van der Waals surface area contributed by atoms with Crippen molar-refractivity contribution in [2.45, 2.75) is 26.3 Å². The Morgan fingerprint density at radius 3 is 2.84 bits per heavy atom. The topological polar surface area (TPSA) is 30.7 Å². The van der Waals surface area contributed by atoms with E-state index in [9.17, 15) is 4.79 Å². The minimum absolute atomic E-state index is 0.0317. The van der Waals surface area contributed by atoms with Crippen LogP contribution in [-0.2, 0) is 16.1 Å². The molecule has 0 saturated carbocycles. The van der Waals surface area contributed by atoms with Gasteiger partial charge in [-0.25, -0.2) is 0 Å². The molecule has 1 aromatic rings. The molecule has 1 aromatic carbocycles. The van der Waals surface area contributed by atoms with E-state index >= 15 is 0 Å². The average molecular weight is 283 g/mol. The molecule has 2 rings (SSSR count). The van der Waals surface area contributed by atoms with Gasteiger partial charge in [0.2, 0.25) is 0 Å². The van der Waals surface area contributed by atoms with E-state index in [4.69, 9.17) is 16.3 Å². The first-order valence-electron chi connectivity index (χ1n) is 6.93. The van der Waals surface area contributed by atoms with E-state index < -0.39 is 0 Å². The van der Waals surface area contributed by atoms with Crippen molar-refractivity contribution in [3.05, 3.63) is 34.9 Å². The molecule has 0 bridgehead atoms. The third-order valence-corrected chi connectivity index (χ3v) is 3.86. The summed E-state index contributed by atoms with van der Waals surface area (Å²) < 4.78 is 5.13. The molecule has 0 aliphatic carbocycles. The molecule has 4 heteroatoms. The monoisotopic (exact) mass is 282 g/mol. The van der Waals surface area contributed by atoms with E-state index in [0.29, 0.717) is 6.61 Å². The van der Waals surface area contributed by atoms with Gasteiger partial charge in [0.25, 0.3) is 0 Å². The van der Waals surface area contributed by atoms with Crippen LogP contribution in [0.2, 0.25) is 5.02 Å². The lowest BCUT2D eigenvalue weighted by molar-refractivity contribution is -0.921. The maximum atomic E-state index is 11.8. The predicted molar refractivity (Wildman–Crippen MR) is 75.2 cm³/mol. The van der Waals surface area contributed by atoms with Crippen LogP contribution in [0.5, 0.6) is 0 Å². The number of hydrogen-bond donors (Lipinski definition) is 1. The summed E-state index contributed by atoms with van der Waals surface area (Å²) in [6.07, 6.45) is 2.05. The van der Waals surface area contributed by atoms with E-state index in [-0.39, 0.29) is 11.9 Å². The lowest BCUT2D eigenvalue weighted by atomic mass is 9.98. The number of carbonyl (C=O) groups excluding carboxylic acids is 1. The number of rotatable bonds is 4. The third-order valence-electron chi connectivity index (χ3n) is 3.61. The molecular weight excluding hydrogens is 262 g/mol. The smallest absolute Gasteiger partial charge is 0.314 e. The zero-order valence-electron chi connectivity index (χ0n) is 11.3. The van der Waals surface area contributed by atoms with Crippen molar-refractivity contribution in [2.75, 3.05) is 19.7 Å². The number of ether oxygens (including phenoxy) is 1. The lowest BCUT2D eigenvalue weighted by Crippen LogP contribution is -3.12. The highest BCUT2D eigenvalue weighted by Gasteiger charge is 2.29. The third kappa shape index (κ3) is 4.22. The van der Waals surface area contributed by atoms with Gasteiger partial charge in [-0.2, -0.15) is 0 Å². The molecule has 0 aromatic heterocycles. The summed E-state index contributed by atoms with van der Waals surface area (Å²) in [6.45, 7) is 5.29. The zero-order chi connectivity index (χ0) is 13.7. The summed E-state index contributed by atoms with van der Waals surface area (Å²) in [7, 11) is 0. The molecule has 0 amide bonds. The largest absolute Gasteiger partial charge is 0.466 e. The van der Waals surface area contributed by atoms with Gasteiger partial charge in [0.05, 0.1) is 19.7 Å². The van der Waals surface area contributed by atoms with Gasteiger partial charge in [0, 0.05) is 10.6 Å². The van der Waals surface area contributed by atoms with Gasteiger partial charge in [-0.1, -0.05) is 23.7 Å². The molecule has 0 spiro atoms. The molecule has 1 unspecified atom stereocenters. The highest BCUT2D eigenvalue weighted by molar-refractivity contribution is 6.30. The highest BCUT2D eigenvalue weighted by atomic mass is 35.5. The van der Waals surface area contributed by atoms with Crippen molar-refractivity contribution in [3.63, 3.8) is 0 Å². The molecule has 3 nitrogen and oxygen atoms in total. The van der Waals surface area contributed by atoms with E-state index in [1.165, 1.54) is 10.5 Å². The quantitative estimate of drug-likeness (QED) is 0.852. The molecule has 1 aliphatic rings. The fraction of sp³-hybridized carbons (Fsp3) is 0.533. The Morgan fingerprint density at radius 1 is 1.42 bits per heavy atom. The van der Waals surface area contributed by atoms with Crippen molar-refractivity contribution in [1.82, 2.24) is 0 Å². The molecule has 1 saturated heterocycles. The Bertz CT molecular complexity index is 419. The summed E-state index contributed by atoms with van der Waals surface area (Å²) in [5, 5.41) is 0.766. The molecule has 1 fully saturated rings. The Morgan fingerprint density at radius 2 is 2.16 bits per heavy atom. The second-order valence-corrected chi connectivity index (χ2v) is 5.54. The Hall–Kier alpha value is -1.06.